The summed E-state index contributed by atoms with van der Waals surface area (Å²) in [6.07, 6.45) is 4.20. The molecule has 0 aromatic carbocycles. The number of ether oxygens (including phenoxy) is 1. The Kier molecular flexibility index (Phi) is 2.27. The van der Waals surface area contributed by atoms with Crippen molar-refractivity contribution in [2.24, 2.45) is 0 Å². The van der Waals surface area contributed by atoms with Crippen molar-refractivity contribution in [3.8, 4) is 0 Å². The van der Waals surface area contributed by atoms with Gasteiger partial charge in [0.1, 0.15) is 11.6 Å². The maximum Gasteiger partial charge on any atom is 0.147 e. The number of hydrogen-bond donors (Lipinski definition) is 2. The van der Waals surface area contributed by atoms with Gasteiger partial charge in [-0.25, -0.2) is 4.98 Å². The zero-order valence-electron chi connectivity index (χ0n) is 7.23. The molecule has 1 aliphatic rings. The number of hydrogen-bond acceptors (Lipinski definition) is 5. The molecular formula is C8H12N4O. The number of nitrogens with two attached hydrogens (primary N) is 1. The van der Waals surface area contributed by atoms with E-state index >= 15 is 0 Å². The fourth-order valence-electron chi connectivity index (χ4n) is 1.31. The minimum absolute atomic E-state index is 0.344. The van der Waals surface area contributed by atoms with Gasteiger partial charge in [-0.1, -0.05) is 0 Å². The van der Waals surface area contributed by atoms with Crippen LogP contribution in [-0.2, 0) is 4.74 Å². The molecule has 1 aromatic heterocycles. The number of nitrogens with one attached hydrogen (secondary N) is 1. The monoisotopic (exact) mass is 180 g/mol. The van der Waals surface area contributed by atoms with Gasteiger partial charge in [-0.15, -0.1) is 0 Å². The van der Waals surface area contributed by atoms with Crippen LogP contribution in [0.25, 0.3) is 0 Å². The summed E-state index contributed by atoms with van der Waals surface area (Å²) in [5.41, 5.74) is 5.49. The molecule has 5 nitrogen and oxygen atoms in total. The Bertz CT molecular complexity index is 285. The van der Waals surface area contributed by atoms with E-state index in [4.69, 9.17) is 10.5 Å². The molecule has 0 aliphatic carbocycles. The summed E-state index contributed by atoms with van der Waals surface area (Å²) in [4.78, 5) is 8.02. The lowest BCUT2D eigenvalue weighted by atomic mass is 10.3. The van der Waals surface area contributed by atoms with E-state index in [1.807, 2.05) is 0 Å². The first-order valence-corrected chi connectivity index (χ1v) is 4.26. The predicted molar refractivity (Wildman–Crippen MR) is 49.3 cm³/mol. The van der Waals surface area contributed by atoms with Crippen molar-refractivity contribution in [2.75, 3.05) is 24.3 Å². The molecule has 1 saturated heterocycles. The van der Waals surface area contributed by atoms with Gasteiger partial charge in [0.15, 0.2) is 0 Å². The Morgan fingerprint density at radius 1 is 1.54 bits per heavy atom. The van der Waals surface area contributed by atoms with Crippen LogP contribution in [0.2, 0.25) is 0 Å². The summed E-state index contributed by atoms with van der Waals surface area (Å²) in [6.45, 7) is 1.55. The zero-order chi connectivity index (χ0) is 9.10. The first kappa shape index (κ1) is 8.25. The van der Waals surface area contributed by atoms with Gasteiger partial charge in [0.2, 0.25) is 0 Å². The molecule has 1 aliphatic heterocycles. The summed E-state index contributed by atoms with van der Waals surface area (Å²) < 4.78 is 5.22. The third-order valence-corrected chi connectivity index (χ3v) is 1.93. The minimum atomic E-state index is 0.344. The van der Waals surface area contributed by atoms with Gasteiger partial charge in [-0.05, 0) is 6.42 Å². The molecule has 1 aromatic rings. The van der Waals surface area contributed by atoms with Crippen molar-refractivity contribution in [1.82, 2.24) is 9.97 Å². The zero-order valence-corrected chi connectivity index (χ0v) is 7.23. The normalized spacial score (nSPS) is 21.7. The van der Waals surface area contributed by atoms with Crippen LogP contribution in [-0.4, -0.2) is 29.2 Å². The fourth-order valence-corrected chi connectivity index (χ4v) is 1.31. The highest BCUT2D eigenvalue weighted by Crippen LogP contribution is 2.11. The largest absolute Gasteiger partial charge is 0.382 e. The van der Waals surface area contributed by atoms with Crippen LogP contribution in [0.5, 0.6) is 0 Å². The molecule has 0 saturated carbocycles. The van der Waals surface area contributed by atoms with Gasteiger partial charge >= 0.3 is 0 Å². The molecule has 1 atom stereocenters. The van der Waals surface area contributed by atoms with Crippen LogP contribution in [0.4, 0.5) is 11.6 Å². The number of rotatable bonds is 2. The van der Waals surface area contributed by atoms with E-state index in [1.54, 1.807) is 6.20 Å². The van der Waals surface area contributed by atoms with E-state index in [1.165, 1.54) is 6.20 Å². The molecule has 70 valence electrons. The Morgan fingerprint density at radius 2 is 2.46 bits per heavy atom. The Balaban J connectivity index is 2.00. The van der Waals surface area contributed by atoms with Crippen molar-refractivity contribution in [3.05, 3.63) is 12.4 Å². The third kappa shape index (κ3) is 2.06. The number of nitrogen functional groups attached to an aromatic ring is 1. The lowest BCUT2D eigenvalue weighted by Gasteiger charge is -2.10. The molecule has 5 heteroatoms. The van der Waals surface area contributed by atoms with Crippen molar-refractivity contribution in [2.45, 2.75) is 12.5 Å². The number of anilines is 2. The highest BCUT2D eigenvalue weighted by atomic mass is 16.5. The maximum absolute atomic E-state index is 5.49. The summed E-state index contributed by atoms with van der Waals surface area (Å²) in [5, 5.41) is 3.20. The van der Waals surface area contributed by atoms with Crippen molar-refractivity contribution >= 4 is 11.6 Å². The number of aromatic nitrogens is 2. The Morgan fingerprint density at radius 3 is 3.15 bits per heavy atom. The molecule has 0 amide bonds. The molecule has 0 radical (unpaired) electrons. The molecule has 3 N–H and O–H groups in total. The summed E-state index contributed by atoms with van der Waals surface area (Å²) >= 11 is 0. The summed E-state index contributed by atoms with van der Waals surface area (Å²) in [7, 11) is 0. The van der Waals surface area contributed by atoms with Crippen molar-refractivity contribution in [3.63, 3.8) is 0 Å². The molecule has 0 spiro atoms. The second-order valence-electron chi connectivity index (χ2n) is 3.03. The predicted octanol–water partition coefficient (Wildman–Crippen LogP) is 0.260. The van der Waals surface area contributed by atoms with Gasteiger partial charge in [-0.3, -0.25) is 4.98 Å². The smallest absolute Gasteiger partial charge is 0.147 e. The van der Waals surface area contributed by atoms with Crippen LogP contribution in [0, 0.1) is 0 Å². The highest BCUT2D eigenvalue weighted by molar-refractivity contribution is 5.39. The second kappa shape index (κ2) is 3.57. The molecule has 0 bridgehead atoms. The van der Waals surface area contributed by atoms with Crippen molar-refractivity contribution < 1.29 is 4.74 Å². The summed E-state index contributed by atoms with van der Waals surface area (Å²) in [5.74, 6) is 1.15. The van der Waals surface area contributed by atoms with Gasteiger partial charge in [0.05, 0.1) is 25.0 Å². The Labute approximate surface area is 76.3 Å². The van der Waals surface area contributed by atoms with Crippen LogP contribution in [0.3, 0.4) is 0 Å². The Hall–Kier alpha value is -1.36. The van der Waals surface area contributed by atoms with Crippen molar-refractivity contribution in [1.29, 1.82) is 0 Å². The quantitative estimate of drug-likeness (QED) is 0.683. The van der Waals surface area contributed by atoms with Crippen LogP contribution < -0.4 is 11.1 Å². The molecule has 1 fully saturated rings. The SMILES string of the molecule is Nc1cncc(NC2CCOC2)n1. The molecule has 2 rings (SSSR count). The fraction of sp³-hybridized carbons (Fsp3) is 0.500. The van der Waals surface area contributed by atoms with Gasteiger partial charge in [0.25, 0.3) is 0 Å². The lowest BCUT2D eigenvalue weighted by Crippen LogP contribution is -2.19. The van der Waals surface area contributed by atoms with E-state index < -0.39 is 0 Å². The van der Waals surface area contributed by atoms with Crippen LogP contribution in [0.1, 0.15) is 6.42 Å². The molecule has 2 heterocycles. The second-order valence-corrected chi connectivity index (χ2v) is 3.03. The maximum atomic E-state index is 5.49. The van der Waals surface area contributed by atoms with E-state index in [0.29, 0.717) is 11.9 Å². The third-order valence-electron chi connectivity index (χ3n) is 1.93. The van der Waals surface area contributed by atoms with Gasteiger partial charge in [-0.2, -0.15) is 0 Å². The topological polar surface area (TPSA) is 73.1 Å². The highest BCUT2D eigenvalue weighted by Gasteiger charge is 2.15. The first-order chi connectivity index (χ1) is 6.34. The van der Waals surface area contributed by atoms with E-state index in [9.17, 15) is 0 Å². The van der Waals surface area contributed by atoms with E-state index in [0.717, 1.165) is 25.5 Å². The van der Waals surface area contributed by atoms with E-state index in [-0.39, 0.29) is 0 Å². The number of nitrogens with zero attached hydrogens (tertiary/aromatic N) is 2. The van der Waals surface area contributed by atoms with Gasteiger partial charge < -0.3 is 15.8 Å². The van der Waals surface area contributed by atoms with Crippen LogP contribution in [0.15, 0.2) is 12.4 Å². The lowest BCUT2D eigenvalue weighted by molar-refractivity contribution is 0.195. The standard InChI is InChI=1S/C8H12N4O/c9-7-3-10-4-8(12-7)11-6-1-2-13-5-6/h3-4,6H,1-2,5H2,(H3,9,11,12). The molecular weight excluding hydrogens is 168 g/mol. The molecule has 13 heavy (non-hydrogen) atoms. The van der Waals surface area contributed by atoms with Gasteiger partial charge in [0, 0.05) is 6.61 Å². The van der Waals surface area contributed by atoms with Crippen LogP contribution >= 0.6 is 0 Å². The summed E-state index contributed by atoms with van der Waals surface area (Å²) in [6, 6.07) is 0.344. The first-order valence-electron chi connectivity index (χ1n) is 4.26. The molecule has 1 unspecified atom stereocenters. The minimum Gasteiger partial charge on any atom is -0.382 e. The average molecular weight is 180 g/mol. The average Bonchev–Trinajstić information content (AvgIpc) is 2.57. The van der Waals surface area contributed by atoms with E-state index in [2.05, 4.69) is 15.3 Å².